The van der Waals surface area contributed by atoms with Crippen LogP contribution in [-0.2, 0) is 28.4 Å². The van der Waals surface area contributed by atoms with Gasteiger partial charge in [-0.3, -0.25) is 0 Å². The molecule has 0 aromatic rings. The zero-order valence-corrected chi connectivity index (χ0v) is 29.1. The van der Waals surface area contributed by atoms with Crippen molar-refractivity contribution in [2.45, 2.75) is 157 Å². The van der Waals surface area contributed by atoms with Crippen LogP contribution in [0.4, 0.5) is 0 Å². The van der Waals surface area contributed by atoms with Crippen molar-refractivity contribution in [3.05, 3.63) is 17.1 Å². The second-order valence-corrected chi connectivity index (χ2v) is 15.6. The lowest BCUT2D eigenvalue weighted by atomic mass is 9.57. The molecule has 0 spiro atoms. The number of ether oxygens (including phenoxy) is 6. The van der Waals surface area contributed by atoms with E-state index >= 15 is 0 Å². The molecule has 3 heterocycles. The molecule has 292 valence electrons. The van der Waals surface area contributed by atoms with Crippen molar-refractivity contribution < 1.29 is 69.3 Å². The first-order valence-electron chi connectivity index (χ1n) is 18.6. The minimum atomic E-state index is -1.84. The SMILES string of the molecule is C=C1CC2CCC3C(CCC[C@@H]3C)[C@@H]2CCC1O[C@@H]1O[C@H](CO)C(O)C(O[C@@H]2O[C@H](CO)C(O)CC2O)C1O[C@@H]1O[C@@H](CN=O)C(O)C(O)C1O. The fraction of sp³-hybridized carbons (Fsp3) is 0.943. The van der Waals surface area contributed by atoms with Crippen molar-refractivity contribution in [1.82, 2.24) is 0 Å². The van der Waals surface area contributed by atoms with Gasteiger partial charge in [-0.15, -0.1) is 0 Å². The van der Waals surface area contributed by atoms with Crippen molar-refractivity contribution >= 4 is 0 Å². The normalized spacial score (nSPS) is 50.9. The van der Waals surface area contributed by atoms with Crippen molar-refractivity contribution in [2.75, 3.05) is 19.8 Å². The van der Waals surface area contributed by atoms with Gasteiger partial charge in [0.1, 0.15) is 67.6 Å². The van der Waals surface area contributed by atoms with Gasteiger partial charge in [-0.05, 0) is 73.7 Å². The Kier molecular flexibility index (Phi) is 13.2. The van der Waals surface area contributed by atoms with Gasteiger partial charge in [-0.1, -0.05) is 31.5 Å². The number of fused-ring (bicyclic) bond motifs is 3. The first-order valence-corrected chi connectivity index (χ1v) is 18.6. The van der Waals surface area contributed by atoms with Crippen LogP contribution in [0.5, 0.6) is 0 Å². The molecule has 20 atom stereocenters. The van der Waals surface area contributed by atoms with E-state index in [1.54, 1.807) is 0 Å². The van der Waals surface area contributed by atoms with Crippen LogP contribution in [0.25, 0.3) is 0 Å². The Labute approximate surface area is 297 Å². The highest BCUT2D eigenvalue weighted by Crippen LogP contribution is 2.53. The number of rotatable bonds is 10. The third-order valence-electron chi connectivity index (χ3n) is 12.6. The van der Waals surface area contributed by atoms with Gasteiger partial charge in [0.15, 0.2) is 18.9 Å². The summed E-state index contributed by atoms with van der Waals surface area (Å²) in [4.78, 5) is 11.1. The van der Waals surface area contributed by atoms with E-state index in [4.69, 9.17) is 28.4 Å². The molecule has 3 aliphatic heterocycles. The van der Waals surface area contributed by atoms with E-state index in [-0.39, 0.29) is 6.42 Å². The van der Waals surface area contributed by atoms with Crippen LogP contribution < -0.4 is 0 Å². The lowest BCUT2D eigenvalue weighted by Gasteiger charge is -2.49. The molecule has 12 unspecified atom stereocenters. The van der Waals surface area contributed by atoms with Gasteiger partial charge in [-0.2, -0.15) is 4.91 Å². The Morgan fingerprint density at radius 1 is 0.686 bits per heavy atom. The van der Waals surface area contributed by atoms with E-state index < -0.39 is 112 Å². The summed E-state index contributed by atoms with van der Waals surface area (Å²) >= 11 is 0. The molecule has 6 fully saturated rings. The van der Waals surface area contributed by atoms with E-state index in [9.17, 15) is 45.8 Å². The van der Waals surface area contributed by atoms with Crippen molar-refractivity contribution in [1.29, 1.82) is 0 Å². The molecular weight excluding hydrogens is 674 g/mol. The highest BCUT2D eigenvalue weighted by molar-refractivity contribution is 5.10. The molecule has 3 aliphatic carbocycles. The summed E-state index contributed by atoms with van der Waals surface area (Å²) in [6.07, 6.45) is -13.3. The summed E-state index contributed by atoms with van der Waals surface area (Å²) < 4.78 is 36.4. The molecule has 8 N–H and O–H groups in total. The Bertz CT molecular complexity index is 1170. The van der Waals surface area contributed by atoms with Gasteiger partial charge >= 0.3 is 0 Å². The first kappa shape index (κ1) is 39.5. The molecule has 6 rings (SSSR count). The van der Waals surface area contributed by atoms with E-state index in [2.05, 4.69) is 18.7 Å². The number of aliphatic hydroxyl groups is 8. The Hall–Kier alpha value is -1.22. The molecule has 0 amide bonds. The molecule has 51 heavy (non-hydrogen) atoms. The smallest absolute Gasteiger partial charge is 0.187 e. The molecule has 16 heteroatoms. The fourth-order valence-corrected chi connectivity index (χ4v) is 9.74. The largest absolute Gasteiger partial charge is 0.394 e. The van der Waals surface area contributed by atoms with Crippen LogP contribution in [0.1, 0.15) is 64.7 Å². The fourth-order valence-electron chi connectivity index (χ4n) is 9.74. The predicted molar refractivity (Wildman–Crippen MR) is 175 cm³/mol. The maximum Gasteiger partial charge on any atom is 0.187 e. The third-order valence-corrected chi connectivity index (χ3v) is 12.6. The van der Waals surface area contributed by atoms with Crippen LogP contribution >= 0.6 is 0 Å². The van der Waals surface area contributed by atoms with Crippen LogP contribution in [0.15, 0.2) is 17.3 Å². The minimum Gasteiger partial charge on any atom is -0.394 e. The van der Waals surface area contributed by atoms with Gasteiger partial charge in [0.25, 0.3) is 0 Å². The molecule has 6 aliphatic rings. The van der Waals surface area contributed by atoms with Crippen molar-refractivity contribution in [2.24, 2.45) is 34.8 Å². The Morgan fingerprint density at radius 3 is 2.10 bits per heavy atom. The molecular formula is C35H57NO15. The van der Waals surface area contributed by atoms with E-state index in [0.717, 1.165) is 24.8 Å². The molecule has 0 radical (unpaired) electrons. The number of hydrogen-bond acceptors (Lipinski definition) is 16. The van der Waals surface area contributed by atoms with Crippen molar-refractivity contribution in [3.63, 3.8) is 0 Å². The predicted octanol–water partition coefficient (Wildman–Crippen LogP) is -0.558. The van der Waals surface area contributed by atoms with E-state index in [1.165, 1.54) is 25.7 Å². The number of hydrogen-bond donors (Lipinski definition) is 8. The Balaban J connectivity index is 1.27. The van der Waals surface area contributed by atoms with Gasteiger partial charge in [0, 0.05) is 6.42 Å². The average molecular weight is 732 g/mol. The lowest BCUT2D eigenvalue weighted by molar-refractivity contribution is -0.389. The summed E-state index contributed by atoms with van der Waals surface area (Å²) in [5.74, 6) is 3.07. The number of aliphatic hydroxyl groups excluding tert-OH is 8. The maximum atomic E-state index is 11.5. The third kappa shape index (κ3) is 8.25. The highest BCUT2D eigenvalue weighted by Gasteiger charge is 2.54. The van der Waals surface area contributed by atoms with Crippen LogP contribution in [-0.4, -0.2) is 153 Å². The molecule has 0 aromatic heterocycles. The summed E-state index contributed by atoms with van der Waals surface area (Å²) in [5, 5.41) is 87.3. The molecule has 3 saturated carbocycles. The molecule has 16 nitrogen and oxygen atoms in total. The standard InChI is InChI=1S/C35H57NO15/c1-15-4-3-5-20-18(15)7-6-17-10-16(2)23(9-8-19(17)20)46-35-32(51-34-30(44)29(43)27(41)24(47-34)12-36-45)31(28(42)26(14-38)49-35)50-33-22(40)11-21(39)25(13-37)48-33/h15,17-35,37-44H,2-14H2,1H3/t15-,17?,18?,19+,20?,21?,22?,23?,24-,25+,26+,27?,28?,29?,30?,31?,32?,33-,34-,35+/m0/s1. The van der Waals surface area contributed by atoms with Crippen LogP contribution in [0, 0.1) is 34.5 Å². The zero-order valence-electron chi connectivity index (χ0n) is 29.1. The summed E-state index contributed by atoms with van der Waals surface area (Å²) in [5.41, 5.74) is 0.867. The highest BCUT2D eigenvalue weighted by atomic mass is 16.8. The van der Waals surface area contributed by atoms with Gasteiger partial charge in [0.05, 0.1) is 25.4 Å². The zero-order chi connectivity index (χ0) is 36.6. The molecule has 0 aromatic carbocycles. The first-order chi connectivity index (χ1) is 24.4. The molecule has 3 saturated heterocycles. The number of nitroso groups, excluding NO2 is 1. The monoisotopic (exact) mass is 731 g/mol. The second kappa shape index (κ2) is 17.1. The minimum absolute atomic E-state index is 0.218. The quantitative estimate of drug-likeness (QED) is 0.104. The lowest BCUT2D eigenvalue weighted by Crippen LogP contribution is -2.66. The van der Waals surface area contributed by atoms with Gasteiger partial charge in [0.2, 0.25) is 0 Å². The topological polar surface area (TPSA) is 247 Å². The summed E-state index contributed by atoms with van der Waals surface area (Å²) in [6, 6.07) is 0. The van der Waals surface area contributed by atoms with Crippen LogP contribution in [0.2, 0.25) is 0 Å². The maximum absolute atomic E-state index is 11.5. The van der Waals surface area contributed by atoms with Gasteiger partial charge < -0.3 is 69.3 Å². The van der Waals surface area contributed by atoms with Crippen LogP contribution in [0.3, 0.4) is 0 Å². The van der Waals surface area contributed by atoms with E-state index in [1.807, 2.05) is 0 Å². The average Bonchev–Trinajstić information content (AvgIpc) is 3.27. The van der Waals surface area contributed by atoms with Gasteiger partial charge in [-0.25, -0.2) is 0 Å². The van der Waals surface area contributed by atoms with Crippen molar-refractivity contribution in [3.8, 4) is 0 Å². The summed E-state index contributed by atoms with van der Waals surface area (Å²) in [6.45, 7) is 4.96. The Morgan fingerprint density at radius 2 is 1.37 bits per heavy atom. The molecule has 0 bridgehead atoms. The number of nitrogens with zero attached hydrogens (tertiary/aromatic N) is 1. The second-order valence-electron chi connectivity index (χ2n) is 15.6. The van der Waals surface area contributed by atoms with E-state index in [0.29, 0.717) is 36.0 Å². The summed E-state index contributed by atoms with van der Waals surface area (Å²) in [7, 11) is 0.